The number of rotatable bonds is 4. The molecule has 1 aliphatic carbocycles. The van der Waals surface area contributed by atoms with E-state index in [4.69, 9.17) is 0 Å². The maximum absolute atomic E-state index is 4.64. The lowest BCUT2D eigenvalue weighted by molar-refractivity contribution is 0.528. The van der Waals surface area contributed by atoms with Crippen molar-refractivity contribution in [3.63, 3.8) is 0 Å². The molecule has 0 aliphatic heterocycles. The van der Waals surface area contributed by atoms with Gasteiger partial charge in [0.05, 0.1) is 23.1 Å². The van der Waals surface area contributed by atoms with Gasteiger partial charge in [0.15, 0.2) is 0 Å². The Kier molecular flexibility index (Phi) is 6.35. The van der Waals surface area contributed by atoms with Crippen LogP contribution in [0.2, 0.25) is 0 Å². The average molecular weight is 413 g/mol. The summed E-state index contributed by atoms with van der Waals surface area (Å²) in [5.41, 5.74) is 8.32. The van der Waals surface area contributed by atoms with Crippen molar-refractivity contribution >= 4 is 35.8 Å². The van der Waals surface area contributed by atoms with Crippen LogP contribution in [0, 0.1) is 0 Å². The lowest BCUT2D eigenvalue weighted by Crippen LogP contribution is -2.29. The summed E-state index contributed by atoms with van der Waals surface area (Å²) in [6, 6.07) is 19.7. The van der Waals surface area contributed by atoms with Crippen LogP contribution in [0.3, 0.4) is 0 Å². The van der Waals surface area contributed by atoms with E-state index in [2.05, 4.69) is 74.9 Å². The molecule has 2 N–H and O–H groups in total. The zero-order valence-electron chi connectivity index (χ0n) is 15.3. The molecule has 28 heavy (non-hydrogen) atoms. The highest BCUT2D eigenvalue weighted by Gasteiger charge is 2.20. The van der Waals surface area contributed by atoms with Gasteiger partial charge in [-0.3, -0.25) is 4.98 Å². The molecule has 0 atom stereocenters. The maximum atomic E-state index is 4.64. The molecule has 0 saturated heterocycles. The highest BCUT2D eigenvalue weighted by Crippen LogP contribution is 2.23. The number of nitrogens with one attached hydrogen (secondary N) is 2. The van der Waals surface area contributed by atoms with E-state index in [-0.39, 0.29) is 24.8 Å². The summed E-state index contributed by atoms with van der Waals surface area (Å²) in [5, 5.41) is 3.65. The van der Waals surface area contributed by atoms with Crippen molar-refractivity contribution in [1.82, 2.24) is 20.3 Å². The Labute approximate surface area is 176 Å². The molecule has 0 unspecified atom stereocenters. The molecule has 0 fully saturated rings. The molecule has 144 valence electrons. The van der Waals surface area contributed by atoms with E-state index in [1.165, 1.54) is 11.1 Å². The van der Waals surface area contributed by atoms with Crippen LogP contribution in [0.4, 0.5) is 0 Å². The first-order valence-electron chi connectivity index (χ1n) is 9.04. The largest absolute Gasteiger partial charge is 0.345 e. The predicted octanol–water partition coefficient (Wildman–Crippen LogP) is 4.73. The molecular weight excluding hydrogens is 391 g/mol. The fourth-order valence-electron chi connectivity index (χ4n) is 3.76. The van der Waals surface area contributed by atoms with Crippen LogP contribution in [-0.2, 0) is 19.4 Å². The Morgan fingerprint density at radius 1 is 0.893 bits per heavy atom. The molecule has 0 saturated carbocycles. The smallest absolute Gasteiger partial charge is 0.0931 e. The molecule has 0 amide bonds. The van der Waals surface area contributed by atoms with Gasteiger partial charge in [-0.2, -0.15) is 0 Å². The summed E-state index contributed by atoms with van der Waals surface area (Å²) in [6.45, 7) is 0.803. The van der Waals surface area contributed by atoms with Gasteiger partial charge in [-0.15, -0.1) is 24.8 Å². The highest BCUT2D eigenvalue weighted by atomic mass is 35.5. The summed E-state index contributed by atoms with van der Waals surface area (Å²) in [4.78, 5) is 12.1. The van der Waals surface area contributed by atoms with Gasteiger partial charge in [-0.05, 0) is 47.7 Å². The summed E-state index contributed by atoms with van der Waals surface area (Å²) in [6.07, 6.45) is 5.90. The van der Waals surface area contributed by atoms with E-state index >= 15 is 0 Å². The van der Waals surface area contributed by atoms with Crippen molar-refractivity contribution in [2.75, 3.05) is 0 Å². The van der Waals surface area contributed by atoms with E-state index in [9.17, 15) is 0 Å². The number of hydrogen-bond acceptors (Lipinski definition) is 3. The monoisotopic (exact) mass is 412 g/mol. The van der Waals surface area contributed by atoms with Gasteiger partial charge in [-0.25, -0.2) is 4.98 Å². The Hall–Kier alpha value is -2.40. The van der Waals surface area contributed by atoms with Crippen LogP contribution in [0.25, 0.3) is 22.2 Å². The lowest BCUT2D eigenvalue weighted by atomic mass is 10.1. The van der Waals surface area contributed by atoms with Gasteiger partial charge in [0.1, 0.15) is 0 Å². The number of halogens is 2. The lowest BCUT2D eigenvalue weighted by Gasteiger charge is -2.11. The molecule has 0 spiro atoms. The van der Waals surface area contributed by atoms with Crippen molar-refractivity contribution < 1.29 is 0 Å². The number of hydrogen-bond donors (Lipinski definition) is 2. The number of nitrogens with zero attached hydrogens (tertiary/aromatic N) is 2. The molecule has 2 heterocycles. The molecule has 2 aromatic heterocycles. The minimum absolute atomic E-state index is 0. The number of aromatic amines is 1. The molecular formula is C22H22Cl2N4. The fourth-order valence-corrected chi connectivity index (χ4v) is 3.76. The van der Waals surface area contributed by atoms with Gasteiger partial charge < -0.3 is 10.3 Å². The molecule has 1 aliphatic rings. The molecule has 4 aromatic rings. The van der Waals surface area contributed by atoms with E-state index in [0.29, 0.717) is 6.04 Å². The second-order valence-corrected chi connectivity index (χ2v) is 6.93. The van der Waals surface area contributed by atoms with Crippen LogP contribution in [0.5, 0.6) is 0 Å². The van der Waals surface area contributed by atoms with Gasteiger partial charge >= 0.3 is 0 Å². The number of benzene rings is 2. The van der Waals surface area contributed by atoms with Gasteiger partial charge in [0.2, 0.25) is 0 Å². The standard InChI is InChI=1S/C22H20N4.2ClH/c1-2-4-16-10-20(9-15(16)3-1)24-13-19-7-5-18(12-23-19)17-6-8-21-22(11-17)26-14-25-21;;/h1-8,11-12,14,20,24H,9-10,13H2,(H,25,26);2*1H. The van der Waals surface area contributed by atoms with Crippen LogP contribution < -0.4 is 5.32 Å². The van der Waals surface area contributed by atoms with E-state index in [1.807, 2.05) is 6.20 Å². The number of aromatic nitrogens is 3. The summed E-state index contributed by atoms with van der Waals surface area (Å²) in [7, 11) is 0. The first-order valence-corrected chi connectivity index (χ1v) is 9.04. The number of fused-ring (bicyclic) bond motifs is 2. The molecule has 0 radical (unpaired) electrons. The van der Waals surface area contributed by atoms with Gasteiger partial charge in [-0.1, -0.05) is 36.4 Å². The van der Waals surface area contributed by atoms with Crippen LogP contribution in [0.15, 0.2) is 67.1 Å². The van der Waals surface area contributed by atoms with Crippen molar-refractivity contribution in [2.45, 2.75) is 25.4 Å². The molecule has 4 nitrogen and oxygen atoms in total. The third-order valence-electron chi connectivity index (χ3n) is 5.20. The Balaban J connectivity index is 0.00000112. The zero-order valence-corrected chi connectivity index (χ0v) is 16.9. The van der Waals surface area contributed by atoms with Crippen molar-refractivity contribution in [2.24, 2.45) is 0 Å². The Morgan fingerprint density at radius 3 is 2.36 bits per heavy atom. The van der Waals surface area contributed by atoms with Crippen molar-refractivity contribution in [3.05, 3.63) is 83.9 Å². The second-order valence-electron chi connectivity index (χ2n) is 6.93. The first kappa shape index (κ1) is 20.3. The predicted molar refractivity (Wildman–Crippen MR) is 118 cm³/mol. The topological polar surface area (TPSA) is 53.6 Å². The molecule has 6 heteroatoms. The number of imidazole rings is 1. The van der Waals surface area contributed by atoms with Crippen LogP contribution in [0.1, 0.15) is 16.8 Å². The fraction of sp³-hybridized carbons (Fsp3) is 0.182. The third kappa shape index (κ3) is 4.04. The van der Waals surface area contributed by atoms with Crippen LogP contribution >= 0.6 is 24.8 Å². The quantitative estimate of drug-likeness (QED) is 0.509. The molecule has 0 bridgehead atoms. The molecule has 2 aromatic carbocycles. The van der Waals surface area contributed by atoms with E-state index in [0.717, 1.165) is 47.2 Å². The zero-order chi connectivity index (χ0) is 17.3. The maximum Gasteiger partial charge on any atom is 0.0931 e. The average Bonchev–Trinajstić information content (AvgIpc) is 3.32. The van der Waals surface area contributed by atoms with Gasteiger partial charge in [0.25, 0.3) is 0 Å². The van der Waals surface area contributed by atoms with E-state index < -0.39 is 0 Å². The normalized spacial score (nSPS) is 13.0. The minimum Gasteiger partial charge on any atom is -0.345 e. The summed E-state index contributed by atoms with van der Waals surface area (Å²) in [5.74, 6) is 0. The summed E-state index contributed by atoms with van der Waals surface area (Å²) >= 11 is 0. The summed E-state index contributed by atoms with van der Waals surface area (Å²) < 4.78 is 0. The van der Waals surface area contributed by atoms with Gasteiger partial charge in [0, 0.05) is 24.3 Å². The SMILES string of the molecule is Cl.Cl.c1ccc2c(c1)CC(NCc1ccc(-c3ccc4[nH]cnc4c3)cn1)C2. The number of pyridine rings is 1. The number of H-pyrrole nitrogens is 1. The Morgan fingerprint density at radius 2 is 1.64 bits per heavy atom. The first-order chi connectivity index (χ1) is 12.8. The third-order valence-corrected chi connectivity index (χ3v) is 5.20. The van der Waals surface area contributed by atoms with Crippen LogP contribution in [-0.4, -0.2) is 21.0 Å². The highest BCUT2D eigenvalue weighted by molar-refractivity contribution is 5.85. The van der Waals surface area contributed by atoms with E-state index in [1.54, 1.807) is 6.33 Å². The minimum atomic E-state index is 0. The Bertz CT molecular complexity index is 1030. The van der Waals surface area contributed by atoms with Crippen molar-refractivity contribution in [3.8, 4) is 11.1 Å². The van der Waals surface area contributed by atoms with Crippen molar-refractivity contribution in [1.29, 1.82) is 0 Å². The molecule has 5 rings (SSSR count). The second kappa shape index (κ2) is 8.74.